The summed E-state index contributed by atoms with van der Waals surface area (Å²) in [5.41, 5.74) is 10.6. The number of allylic oxidation sites excluding steroid dienone is 1. The van der Waals surface area contributed by atoms with Gasteiger partial charge in [-0.05, 0) is 0 Å². The standard InChI is InChI=1S/C25H23.2ClH.Zr/c1-2-3-6-17-15-20-8-5-9-21(24(20)16-17)22-14-13-19-12-11-18-7-4-10-23(22)25(18)19;;;/h4-5,7-10,13-16H,2-3,6,11-12H2,1H3;2*1H;/q;;;+2/p-2. The van der Waals surface area contributed by atoms with Crippen LogP contribution in [-0.4, -0.2) is 0 Å². The van der Waals surface area contributed by atoms with Crippen molar-refractivity contribution < 1.29 is 49.5 Å². The normalized spacial score (nSPS) is 16.4. The van der Waals surface area contributed by atoms with Crippen LogP contribution in [0.25, 0.3) is 28.0 Å². The molecule has 1 unspecified atom stereocenters. The van der Waals surface area contributed by atoms with E-state index >= 15 is 0 Å². The quantitative estimate of drug-likeness (QED) is 0.513. The van der Waals surface area contributed by atoms with Crippen molar-refractivity contribution in [1.29, 1.82) is 0 Å². The number of aryl methyl sites for hydroxylation is 2. The summed E-state index contributed by atoms with van der Waals surface area (Å²) >= 11 is 1.62. The van der Waals surface area contributed by atoms with E-state index in [0.717, 1.165) is 0 Å². The summed E-state index contributed by atoms with van der Waals surface area (Å²) < 4.78 is 0.653. The number of unbranched alkanes of at least 4 members (excludes halogenated alkanes) is 1. The molecule has 0 aliphatic heterocycles. The van der Waals surface area contributed by atoms with Crippen molar-refractivity contribution in [1.82, 2.24) is 0 Å². The van der Waals surface area contributed by atoms with Crippen LogP contribution in [0.5, 0.6) is 0 Å². The van der Waals surface area contributed by atoms with E-state index in [9.17, 15) is 0 Å². The second-order valence-electron chi connectivity index (χ2n) is 7.68. The minimum Gasteiger partial charge on any atom is -1.00 e. The van der Waals surface area contributed by atoms with Gasteiger partial charge in [0.15, 0.2) is 0 Å². The van der Waals surface area contributed by atoms with Crippen LogP contribution in [-0.2, 0) is 37.6 Å². The molecular formula is C25H23Cl2Zr. The van der Waals surface area contributed by atoms with E-state index in [-0.39, 0.29) is 24.8 Å². The SMILES string of the molecule is CCCCC1=Cc2c(-c3ccc4c5c(cccc35)CC4)cccc2[CH]1[Zr+2].[Cl-].[Cl-]. The summed E-state index contributed by atoms with van der Waals surface area (Å²) in [5.74, 6) is 0. The number of rotatable bonds is 4. The maximum atomic E-state index is 2.52. The molecule has 0 fully saturated rings. The fourth-order valence-electron chi connectivity index (χ4n) is 4.78. The Hall–Kier alpha value is -0.877. The van der Waals surface area contributed by atoms with Crippen LogP contribution in [0.1, 0.15) is 52.1 Å². The molecule has 0 bridgehead atoms. The van der Waals surface area contributed by atoms with Gasteiger partial charge >= 0.3 is 172 Å². The van der Waals surface area contributed by atoms with Crippen LogP contribution in [0.3, 0.4) is 0 Å². The Morgan fingerprint density at radius 2 is 1.64 bits per heavy atom. The van der Waals surface area contributed by atoms with E-state index in [1.165, 1.54) is 70.7 Å². The van der Waals surface area contributed by atoms with Crippen LogP contribution in [0.15, 0.2) is 54.1 Å². The van der Waals surface area contributed by atoms with E-state index in [0.29, 0.717) is 3.63 Å². The summed E-state index contributed by atoms with van der Waals surface area (Å²) in [6.45, 7) is 2.29. The summed E-state index contributed by atoms with van der Waals surface area (Å²) in [6, 6.07) is 18.6. The molecule has 0 amide bonds. The Bertz CT molecular complexity index is 1040. The predicted octanol–water partition coefficient (Wildman–Crippen LogP) is 0.789. The van der Waals surface area contributed by atoms with Gasteiger partial charge < -0.3 is 24.8 Å². The molecular weight excluding hydrogens is 462 g/mol. The van der Waals surface area contributed by atoms with Crippen molar-refractivity contribution in [2.45, 2.75) is 42.7 Å². The molecule has 0 aromatic heterocycles. The summed E-state index contributed by atoms with van der Waals surface area (Å²) in [7, 11) is 0. The van der Waals surface area contributed by atoms with Crippen LogP contribution >= 0.6 is 0 Å². The molecule has 3 aromatic carbocycles. The van der Waals surface area contributed by atoms with Crippen LogP contribution < -0.4 is 24.8 Å². The zero-order valence-corrected chi connectivity index (χ0v) is 20.0. The first kappa shape index (κ1) is 21.8. The first-order valence-electron chi connectivity index (χ1n) is 9.86. The van der Waals surface area contributed by atoms with Crippen molar-refractivity contribution in [3.63, 3.8) is 0 Å². The van der Waals surface area contributed by atoms with Crippen LogP contribution in [0.2, 0.25) is 0 Å². The van der Waals surface area contributed by atoms with Crippen LogP contribution in [0.4, 0.5) is 0 Å². The predicted molar refractivity (Wildman–Crippen MR) is 107 cm³/mol. The van der Waals surface area contributed by atoms with Crippen molar-refractivity contribution in [3.8, 4) is 11.1 Å². The second kappa shape index (κ2) is 8.87. The van der Waals surface area contributed by atoms with Crippen LogP contribution in [0, 0.1) is 0 Å². The monoisotopic (exact) mass is 483 g/mol. The van der Waals surface area contributed by atoms with Gasteiger partial charge in [-0.2, -0.15) is 0 Å². The summed E-state index contributed by atoms with van der Waals surface area (Å²) in [6.07, 6.45) is 8.75. The van der Waals surface area contributed by atoms with Gasteiger partial charge in [0.2, 0.25) is 0 Å². The van der Waals surface area contributed by atoms with E-state index in [1.54, 1.807) is 35.9 Å². The molecule has 5 rings (SSSR count). The fraction of sp³-hybridized carbons (Fsp3) is 0.280. The molecule has 0 radical (unpaired) electrons. The molecule has 0 saturated carbocycles. The molecule has 141 valence electrons. The van der Waals surface area contributed by atoms with Gasteiger partial charge in [0.25, 0.3) is 0 Å². The zero-order valence-electron chi connectivity index (χ0n) is 16.1. The smallest absolute Gasteiger partial charge is 1.00 e. The molecule has 0 spiro atoms. The van der Waals surface area contributed by atoms with Gasteiger partial charge in [-0.25, -0.2) is 0 Å². The van der Waals surface area contributed by atoms with Crippen molar-refractivity contribution >= 4 is 16.8 Å². The average Bonchev–Trinajstić information content (AvgIpc) is 3.23. The third-order valence-electron chi connectivity index (χ3n) is 6.14. The first-order valence-corrected chi connectivity index (χ1v) is 11.3. The number of halogens is 2. The Balaban J connectivity index is 0.00000112. The minimum absolute atomic E-state index is 0. The van der Waals surface area contributed by atoms with Crippen molar-refractivity contribution in [3.05, 3.63) is 76.4 Å². The Kier molecular flexibility index (Phi) is 6.91. The second-order valence-corrected chi connectivity index (χ2v) is 9.10. The Morgan fingerprint density at radius 3 is 2.43 bits per heavy atom. The zero-order chi connectivity index (χ0) is 17.7. The third kappa shape index (κ3) is 3.45. The Labute approximate surface area is 195 Å². The molecule has 0 saturated heterocycles. The average molecular weight is 486 g/mol. The number of fused-ring (bicyclic) bond motifs is 1. The molecule has 0 N–H and O–H groups in total. The molecule has 1 atom stereocenters. The Morgan fingerprint density at radius 1 is 0.893 bits per heavy atom. The van der Waals surface area contributed by atoms with Gasteiger partial charge in [0.05, 0.1) is 0 Å². The van der Waals surface area contributed by atoms with Gasteiger partial charge in [0, 0.05) is 0 Å². The molecule has 3 aromatic rings. The number of benzene rings is 3. The minimum atomic E-state index is 0. The molecule has 2 aliphatic carbocycles. The fourth-order valence-corrected chi connectivity index (χ4v) is 5.96. The van der Waals surface area contributed by atoms with Gasteiger partial charge in [-0.15, -0.1) is 0 Å². The van der Waals surface area contributed by atoms with Gasteiger partial charge in [0.1, 0.15) is 0 Å². The van der Waals surface area contributed by atoms with Gasteiger partial charge in [-0.3, -0.25) is 0 Å². The maximum absolute atomic E-state index is 2.52. The third-order valence-corrected chi connectivity index (χ3v) is 7.81. The molecule has 0 nitrogen and oxygen atoms in total. The first-order chi connectivity index (χ1) is 12.8. The number of hydrogen-bond donors (Lipinski definition) is 0. The molecule has 28 heavy (non-hydrogen) atoms. The largest absolute Gasteiger partial charge is 1.00 e. The molecule has 3 heteroatoms. The van der Waals surface area contributed by atoms with E-state index in [4.69, 9.17) is 0 Å². The van der Waals surface area contributed by atoms with Crippen molar-refractivity contribution in [2.24, 2.45) is 0 Å². The summed E-state index contributed by atoms with van der Waals surface area (Å²) in [4.78, 5) is 0. The number of hydrogen-bond acceptors (Lipinski definition) is 0. The molecule has 2 aliphatic rings. The summed E-state index contributed by atoms with van der Waals surface area (Å²) in [5, 5.41) is 2.97. The van der Waals surface area contributed by atoms with Gasteiger partial charge in [-0.1, -0.05) is 0 Å². The van der Waals surface area contributed by atoms with E-state index in [2.05, 4.69) is 61.5 Å². The van der Waals surface area contributed by atoms with E-state index in [1.807, 2.05) is 0 Å². The topological polar surface area (TPSA) is 0 Å². The maximum Gasteiger partial charge on any atom is -1.00 e. The van der Waals surface area contributed by atoms with E-state index < -0.39 is 0 Å². The molecule has 0 heterocycles. The van der Waals surface area contributed by atoms with Crippen molar-refractivity contribution in [2.75, 3.05) is 0 Å².